The molecule has 1 aromatic rings. The third kappa shape index (κ3) is 6.28. The van der Waals surface area contributed by atoms with Gasteiger partial charge in [0.2, 0.25) is 11.9 Å². The quantitative estimate of drug-likeness (QED) is 0.411. The van der Waals surface area contributed by atoms with Gasteiger partial charge in [-0.25, -0.2) is 9.97 Å². The van der Waals surface area contributed by atoms with E-state index >= 15 is 0 Å². The molecular formula is C20H34N8O. The molecule has 3 rings (SSSR count). The van der Waals surface area contributed by atoms with E-state index in [1.165, 1.54) is 0 Å². The SMILES string of the molecule is CCNC(=NCCCN1CCN(c2ncccn2)CC1)N1CCN(C(C)=O)CC1. The molecule has 1 N–H and O–H groups in total. The summed E-state index contributed by atoms with van der Waals surface area (Å²) in [6, 6.07) is 1.85. The molecule has 0 bridgehead atoms. The zero-order valence-corrected chi connectivity index (χ0v) is 17.8. The van der Waals surface area contributed by atoms with Gasteiger partial charge in [-0.3, -0.25) is 14.7 Å². The highest BCUT2D eigenvalue weighted by atomic mass is 16.2. The minimum absolute atomic E-state index is 0.158. The van der Waals surface area contributed by atoms with Crippen molar-refractivity contribution < 1.29 is 4.79 Å². The lowest BCUT2D eigenvalue weighted by atomic mass is 10.3. The molecule has 2 aliphatic heterocycles. The van der Waals surface area contributed by atoms with Gasteiger partial charge in [-0.05, 0) is 19.4 Å². The molecule has 9 heteroatoms. The van der Waals surface area contributed by atoms with Crippen molar-refractivity contribution in [1.29, 1.82) is 0 Å². The van der Waals surface area contributed by atoms with Crippen molar-refractivity contribution in [3.8, 4) is 0 Å². The van der Waals surface area contributed by atoms with E-state index in [1.807, 2.05) is 11.0 Å². The van der Waals surface area contributed by atoms with Crippen LogP contribution in [0.2, 0.25) is 0 Å². The summed E-state index contributed by atoms with van der Waals surface area (Å²) in [6.07, 6.45) is 4.65. The van der Waals surface area contributed by atoms with E-state index < -0.39 is 0 Å². The van der Waals surface area contributed by atoms with Gasteiger partial charge in [-0.2, -0.15) is 0 Å². The molecule has 3 heterocycles. The lowest BCUT2D eigenvalue weighted by Gasteiger charge is -2.36. The minimum Gasteiger partial charge on any atom is -0.357 e. The first-order valence-electron chi connectivity index (χ1n) is 10.7. The van der Waals surface area contributed by atoms with Gasteiger partial charge in [0.05, 0.1) is 0 Å². The maximum atomic E-state index is 11.5. The Hall–Kier alpha value is -2.42. The molecule has 2 aliphatic rings. The highest BCUT2D eigenvalue weighted by Gasteiger charge is 2.21. The number of amides is 1. The van der Waals surface area contributed by atoms with Crippen molar-refractivity contribution in [2.75, 3.05) is 76.9 Å². The Bertz CT molecular complexity index is 652. The fourth-order valence-electron chi connectivity index (χ4n) is 3.76. The van der Waals surface area contributed by atoms with Crippen LogP contribution in [0.15, 0.2) is 23.5 Å². The lowest BCUT2D eigenvalue weighted by Crippen LogP contribution is -2.53. The van der Waals surface area contributed by atoms with E-state index in [0.29, 0.717) is 0 Å². The predicted octanol–water partition coefficient (Wildman–Crippen LogP) is 0.118. The Balaban J connectivity index is 1.38. The van der Waals surface area contributed by atoms with Crippen LogP contribution in [0.25, 0.3) is 0 Å². The van der Waals surface area contributed by atoms with Crippen LogP contribution >= 0.6 is 0 Å². The number of nitrogens with zero attached hydrogens (tertiary/aromatic N) is 7. The second-order valence-corrected chi connectivity index (χ2v) is 7.46. The van der Waals surface area contributed by atoms with Gasteiger partial charge in [0.25, 0.3) is 0 Å². The number of piperazine rings is 2. The lowest BCUT2D eigenvalue weighted by molar-refractivity contribution is -0.130. The highest BCUT2D eigenvalue weighted by Crippen LogP contribution is 2.10. The van der Waals surface area contributed by atoms with Crippen LogP contribution in [0.5, 0.6) is 0 Å². The predicted molar refractivity (Wildman–Crippen MR) is 115 cm³/mol. The van der Waals surface area contributed by atoms with Gasteiger partial charge in [0.15, 0.2) is 5.96 Å². The number of hydrogen-bond donors (Lipinski definition) is 1. The topological polar surface area (TPSA) is 80.2 Å². The molecule has 2 fully saturated rings. The van der Waals surface area contributed by atoms with E-state index in [1.54, 1.807) is 19.3 Å². The van der Waals surface area contributed by atoms with E-state index in [0.717, 1.165) is 90.3 Å². The summed E-state index contributed by atoms with van der Waals surface area (Å²) in [5.41, 5.74) is 0. The molecule has 9 nitrogen and oxygen atoms in total. The first kappa shape index (κ1) is 21.3. The van der Waals surface area contributed by atoms with Gasteiger partial charge in [-0.15, -0.1) is 0 Å². The van der Waals surface area contributed by atoms with Crippen molar-refractivity contribution in [1.82, 2.24) is 30.0 Å². The average molecular weight is 403 g/mol. The zero-order chi connectivity index (χ0) is 20.5. The smallest absolute Gasteiger partial charge is 0.225 e. The molecule has 1 aromatic heterocycles. The molecule has 1 amide bonds. The van der Waals surface area contributed by atoms with Crippen molar-refractivity contribution >= 4 is 17.8 Å². The Kier molecular flexibility index (Phi) is 8.03. The molecule has 0 spiro atoms. The number of carbonyl (C=O) groups excluding carboxylic acids is 1. The number of carbonyl (C=O) groups is 1. The van der Waals surface area contributed by atoms with Crippen LogP contribution in [0.4, 0.5) is 5.95 Å². The zero-order valence-electron chi connectivity index (χ0n) is 17.8. The summed E-state index contributed by atoms with van der Waals surface area (Å²) < 4.78 is 0. The van der Waals surface area contributed by atoms with E-state index in [9.17, 15) is 4.79 Å². The van der Waals surface area contributed by atoms with Crippen molar-refractivity contribution in [2.24, 2.45) is 4.99 Å². The third-order valence-corrected chi connectivity index (χ3v) is 5.46. The first-order chi connectivity index (χ1) is 14.2. The summed E-state index contributed by atoms with van der Waals surface area (Å²) in [4.78, 5) is 33.9. The van der Waals surface area contributed by atoms with Gasteiger partial charge < -0.3 is 20.0 Å². The fourth-order valence-corrected chi connectivity index (χ4v) is 3.76. The Labute approximate surface area is 173 Å². The van der Waals surface area contributed by atoms with Crippen LogP contribution in [0, 0.1) is 0 Å². The Morgan fingerprint density at radius 2 is 1.69 bits per heavy atom. The summed E-state index contributed by atoms with van der Waals surface area (Å²) in [5.74, 6) is 1.96. The fraction of sp³-hybridized carbons (Fsp3) is 0.700. The number of guanidine groups is 1. The molecule has 160 valence electrons. The molecule has 0 atom stereocenters. The summed E-state index contributed by atoms with van der Waals surface area (Å²) in [7, 11) is 0. The second-order valence-electron chi connectivity index (χ2n) is 7.46. The average Bonchev–Trinajstić information content (AvgIpc) is 2.77. The van der Waals surface area contributed by atoms with E-state index in [4.69, 9.17) is 4.99 Å². The number of rotatable bonds is 6. The standard InChI is InChI=1S/C20H34N8O/c1-3-21-19(28-16-14-26(15-17-28)18(2)29)24-8-5-9-25-10-12-27(13-11-25)20-22-6-4-7-23-20/h4,6-7H,3,5,8-17H2,1-2H3,(H,21,24). The Morgan fingerprint density at radius 1 is 1.03 bits per heavy atom. The third-order valence-electron chi connectivity index (χ3n) is 5.46. The second kappa shape index (κ2) is 10.9. The van der Waals surface area contributed by atoms with E-state index in [-0.39, 0.29) is 5.91 Å². The van der Waals surface area contributed by atoms with Gasteiger partial charge in [-0.1, -0.05) is 0 Å². The van der Waals surface area contributed by atoms with Crippen LogP contribution in [-0.2, 0) is 4.79 Å². The largest absolute Gasteiger partial charge is 0.357 e. The summed E-state index contributed by atoms with van der Waals surface area (Å²) >= 11 is 0. The first-order valence-corrected chi connectivity index (χ1v) is 10.7. The number of hydrogen-bond acceptors (Lipinski definition) is 6. The number of nitrogens with one attached hydrogen (secondary N) is 1. The molecule has 2 saturated heterocycles. The van der Waals surface area contributed by atoms with Crippen molar-refractivity contribution in [2.45, 2.75) is 20.3 Å². The highest BCUT2D eigenvalue weighted by molar-refractivity contribution is 5.80. The van der Waals surface area contributed by atoms with Crippen LogP contribution in [0.1, 0.15) is 20.3 Å². The minimum atomic E-state index is 0.158. The molecule has 0 radical (unpaired) electrons. The molecule has 29 heavy (non-hydrogen) atoms. The van der Waals surface area contributed by atoms with Crippen molar-refractivity contribution in [3.63, 3.8) is 0 Å². The number of aromatic nitrogens is 2. The van der Waals surface area contributed by atoms with Crippen LogP contribution in [-0.4, -0.2) is 109 Å². The maximum Gasteiger partial charge on any atom is 0.225 e. The maximum absolute atomic E-state index is 11.5. The van der Waals surface area contributed by atoms with Crippen LogP contribution in [0.3, 0.4) is 0 Å². The molecular weight excluding hydrogens is 368 g/mol. The Morgan fingerprint density at radius 3 is 2.31 bits per heavy atom. The summed E-state index contributed by atoms with van der Waals surface area (Å²) in [5, 5.41) is 3.40. The molecule has 0 saturated carbocycles. The number of anilines is 1. The summed E-state index contributed by atoms with van der Waals surface area (Å²) in [6.45, 7) is 13.7. The monoisotopic (exact) mass is 402 g/mol. The van der Waals surface area contributed by atoms with Crippen molar-refractivity contribution in [3.05, 3.63) is 18.5 Å². The number of aliphatic imine (C=N–C) groups is 1. The molecule has 0 unspecified atom stereocenters. The normalized spacial score (nSPS) is 18.8. The van der Waals surface area contributed by atoms with Gasteiger partial charge >= 0.3 is 0 Å². The molecule has 0 aliphatic carbocycles. The molecule has 0 aromatic carbocycles. The van der Waals surface area contributed by atoms with Gasteiger partial charge in [0.1, 0.15) is 0 Å². The van der Waals surface area contributed by atoms with Gasteiger partial charge in [0, 0.05) is 91.3 Å². The van der Waals surface area contributed by atoms with E-state index in [2.05, 4.69) is 36.9 Å². The van der Waals surface area contributed by atoms with Crippen LogP contribution < -0.4 is 10.2 Å².